The summed E-state index contributed by atoms with van der Waals surface area (Å²) in [7, 11) is 1.33. The van der Waals surface area contributed by atoms with Crippen LogP contribution in [-0.2, 0) is 16.1 Å². The predicted octanol–water partition coefficient (Wildman–Crippen LogP) is 4.81. The van der Waals surface area contributed by atoms with E-state index in [-0.39, 0.29) is 5.91 Å². The number of carbonyl (C=O) groups excluding carboxylic acids is 2. The molecule has 0 saturated heterocycles. The fourth-order valence-electron chi connectivity index (χ4n) is 2.71. The lowest BCUT2D eigenvalue weighted by atomic mass is 10.1. The zero-order valence-electron chi connectivity index (χ0n) is 14.2. The number of anilines is 1. The number of hydrogen-bond acceptors (Lipinski definition) is 3. The summed E-state index contributed by atoms with van der Waals surface area (Å²) in [5.74, 6) is -0.555. The topological polar surface area (TPSA) is 62.4 Å². The number of halogens is 2. The van der Waals surface area contributed by atoms with Gasteiger partial charge in [0.25, 0.3) is 0 Å². The average molecular weight is 391 g/mol. The molecule has 0 aliphatic carbocycles. The van der Waals surface area contributed by atoms with Crippen molar-refractivity contribution in [2.45, 2.75) is 13.5 Å². The van der Waals surface area contributed by atoms with Crippen LogP contribution in [0.15, 0.2) is 42.5 Å². The van der Waals surface area contributed by atoms with Crippen LogP contribution in [0.4, 0.5) is 5.69 Å². The molecule has 0 bridgehead atoms. The maximum Gasteiger partial charge on any atom is 0.354 e. The Bertz CT molecular complexity index is 998. The first-order valence-electron chi connectivity index (χ1n) is 7.82. The number of hydrogen-bond donors (Lipinski definition) is 1. The monoisotopic (exact) mass is 390 g/mol. The van der Waals surface area contributed by atoms with Crippen LogP contribution >= 0.6 is 23.2 Å². The minimum atomic E-state index is -0.443. The van der Waals surface area contributed by atoms with Crippen LogP contribution in [-0.4, -0.2) is 24.0 Å². The van der Waals surface area contributed by atoms with Gasteiger partial charge in [-0.05, 0) is 42.0 Å². The number of aromatic amines is 1. The molecule has 5 nitrogen and oxygen atoms in total. The van der Waals surface area contributed by atoms with Crippen LogP contribution in [0.1, 0.15) is 23.0 Å². The van der Waals surface area contributed by atoms with Gasteiger partial charge in [0.05, 0.1) is 23.7 Å². The highest BCUT2D eigenvalue weighted by Gasteiger charge is 2.15. The van der Waals surface area contributed by atoms with Gasteiger partial charge in [-0.15, -0.1) is 0 Å². The van der Waals surface area contributed by atoms with Crippen molar-refractivity contribution >= 4 is 51.7 Å². The number of benzene rings is 2. The first-order valence-corrected chi connectivity index (χ1v) is 8.57. The van der Waals surface area contributed by atoms with E-state index >= 15 is 0 Å². The molecule has 3 rings (SSSR count). The number of aromatic nitrogens is 1. The summed E-state index contributed by atoms with van der Waals surface area (Å²) < 4.78 is 4.72. The number of carbonyl (C=O) groups is 2. The Morgan fingerprint density at radius 1 is 1.08 bits per heavy atom. The number of nitrogens with zero attached hydrogens (tertiary/aromatic N) is 1. The van der Waals surface area contributed by atoms with Gasteiger partial charge in [0.2, 0.25) is 5.91 Å². The summed E-state index contributed by atoms with van der Waals surface area (Å²) in [5, 5.41) is 1.72. The SMILES string of the molecule is COC(=O)c1cc2cc(N(Cc3ccc(Cl)c(Cl)c3)C(C)=O)ccc2[nH]1. The van der Waals surface area contributed by atoms with Crippen LogP contribution in [0.3, 0.4) is 0 Å². The van der Waals surface area contributed by atoms with Crippen LogP contribution in [0.2, 0.25) is 10.0 Å². The first kappa shape index (κ1) is 18.3. The van der Waals surface area contributed by atoms with E-state index in [4.69, 9.17) is 27.9 Å². The molecule has 0 aliphatic rings. The molecule has 0 radical (unpaired) electrons. The molecule has 0 unspecified atom stereocenters. The molecule has 1 heterocycles. The van der Waals surface area contributed by atoms with Crippen molar-refractivity contribution < 1.29 is 14.3 Å². The van der Waals surface area contributed by atoms with Crippen molar-refractivity contribution in [3.8, 4) is 0 Å². The van der Waals surface area contributed by atoms with Crippen LogP contribution < -0.4 is 4.90 Å². The van der Waals surface area contributed by atoms with E-state index < -0.39 is 5.97 Å². The molecule has 7 heteroatoms. The number of methoxy groups -OCH3 is 1. The van der Waals surface area contributed by atoms with E-state index in [2.05, 4.69) is 4.98 Å². The van der Waals surface area contributed by atoms with Crippen molar-refractivity contribution in [3.05, 3.63) is 63.8 Å². The summed E-state index contributed by atoms with van der Waals surface area (Å²) in [4.78, 5) is 28.5. The van der Waals surface area contributed by atoms with E-state index in [9.17, 15) is 9.59 Å². The number of rotatable bonds is 4. The summed E-state index contributed by atoms with van der Waals surface area (Å²) in [6.07, 6.45) is 0. The number of ether oxygens (including phenoxy) is 1. The second kappa shape index (κ2) is 7.40. The largest absolute Gasteiger partial charge is 0.464 e. The number of H-pyrrole nitrogens is 1. The Kier molecular flexibility index (Phi) is 5.20. The lowest BCUT2D eigenvalue weighted by Crippen LogP contribution is -2.27. The molecule has 3 aromatic rings. The standard InChI is InChI=1S/C19H16Cl2N2O3/c1-11(24)23(10-12-3-5-15(20)16(21)7-12)14-4-6-17-13(8-14)9-18(22-17)19(25)26-2/h3-9,22H,10H2,1-2H3. The quantitative estimate of drug-likeness (QED) is 0.649. The maximum atomic E-state index is 12.2. The molecule has 0 saturated carbocycles. The van der Waals surface area contributed by atoms with Crippen molar-refractivity contribution in [2.24, 2.45) is 0 Å². The fraction of sp³-hybridized carbons (Fsp3) is 0.158. The van der Waals surface area contributed by atoms with Crippen molar-refractivity contribution in [3.63, 3.8) is 0 Å². The van der Waals surface area contributed by atoms with Gasteiger partial charge in [-0.3, -0.25) is 4.79 Å². The zero-order chi connectivity index (χ0) is 18.8. The normalized spacial score (nSPS) is 10.8. The van der Waals surface area contributed by atoms with Gasteiger partial charge < -0.3 is 14.6 Å². The van der Waals surface area contributed by atoms with Gasteiger partial charge >= 0.3 is 5.97 Å². The van der Waals surface area contributed by atoms with Crippen molar-refractivity contribution in [1.82, 2.24) is 4.98 Å². The van der Waals surface area contributed by atoms with E-state index in [1.165, 1.54) is 14.0 Å². The van der Waals surface area contributed by atoms with Crippen LogP contribution in [0.5, 0.6) is 0 Å². The van der Waals surface area contributed by atoms with Crippen LogP contribution in [0.25, 0.3) is 10.9 Å². The third kappa shape index (κ3) is 3.69. The Hall–Kier alpha value is -2.50. The third-order valence-electron chi connectivity index (χ3n) is 4.03. The second-order valence-corrected chi connectivity index (χ2v) is 6.61. The molecular formula is C19H16Cl2N2O3. The predicted molar refractivity (Wildman–Crippen MR) is 103 cm³/mol. The Labute approximate surface area is 160 Å². The first-order chi connectivity index (χ1) is 12.4. The highest BCUT2D eigenvalue weighted by molar-refractivity contribution is 6.42. The van der Waals surface area contributed by atoms with E-state index in [1.807, 2.05) is 24.3 Å². The van der Waals surface area contributed by atoms with Gasteiger partial charge in [-0.25, -0.2) is 4.79 Å². The number of esters is 1. The summed E-state index contributed by atoms with van der Waals surface area (Å²) in [5.41, 5.74) is 2.72. The third-order valence-corrected chi connectivity index (χ3v) is 4.77. The molecule has 1 N–H and O–H groups in total. The smallest absolute Gasteiger partial charge is 0.354 e. The summed E-state index contributed by atoms with van der Waals surface area (Å²) in [6.45, 7) is 1.85. The Balaban J connectivity index is 1.95. The maximum absolute atomic E-state index is 12.2. The number of amides is 1. The molecule has 0 atom stereocenters. The Morgan fingerprint density at radius 2 is 1.85 bits per heavy atom. The molecule has 2 aromatic carbocycles. The molecule has 0 spiro atoms. The summed E-state index contributed by atoms with van der Waals surface area (Å²) >= 11 is 12.0. The summed E-state index contributed by atoms with van der Waals surface area (Å²) in [6, 6.07) is 12.5. The molecule has 26 heavy (non-hydrogen) atoms. The highest BCUT2D eigenvalue weighted by atomic mass is 35.5. The molecule has 0 aliphatic heterocycles. The van der Waals surface area contributed by atoms with Gasteiger partial charge in [-0.2, -0.15) is 0 Å². The molecule has 134 valence electrons. The van der Waals surface area contributed by atoms with Gasteiger partial charge in [0.1, 0.15) is 5.69 Å². The molecular weight excluding hydrogens is 375 g/mol. The molecule has 1 amide bonds. The minimum absolute atomic E-state index is 0.112. The lowest BCUT2D eigenvalue weighted by molar-refractivity contribution is -0.116. The van der Waals surface area contributed by atoms with Gasteiger partial charge in [0, 0.05) is 23.5 Å². The number of fused-ring (bicyclic) bond motifs is 1. The van der Waals surface area contributed by atoms with E-state index in [0.29, 0.717) is 28.0 Å². The average Bonchev–Trinajstić information content (AvgIpc) is 3.04. The molecule has 0 fully saturated rings. The van der Waals surface area contributed by atoms with Gasteiger partial charge in [0.15, 0.2) is 0 Å². The zero-order valence-corrected chi connectivity index (χ0v) is 15.7. The van der Waals surface area contributed by atoms with Crippen molar-refractivity contribution in [1.29, 1.82) is 0 Å². The van der Waals surface area contributed by atoms with Gasteiger partial charge in [-0.1, -0.05) is 29.3 Å². The number of nitrogens with one attached hydrogen (secondary N) is 1. The van der Waals surface area contributed by atoms with E-state index in [0.717, 1.165) is 16.5 Å². The lowest BCUT2D eigenvalue weighted by Gasteiger charge is -2.21. The van der Waals surface area contributed by atoms with Crippen LogP contribution in [0, 0.1) is 0 Å². The molecule has 1 aromatic heterocycles. The second-order valence-electron chi connectivity index (χ2n) is 5.80. The fourth-order valence-corrected chi connectivity index (χ4v) is 3.03. The Morgan fingerprint density at radius 3 is 2.50 bits per heavy atom. The highest BCUT2D eigenvalue weighted by Crippen LogP contribution is 2.27. The van der Waals surface area contributed by atoms with Crippen molar-refractivity contribution in [2.75, 3.05) is 12.0 Å². The minimum Gasteiger partial charge on any atom is -0.464 e. The van der Waals surface area contributed by atoms with E-state index in [1.54, 1.807) is 23.1 Å².